The van der Waals surface area contributed by atoms with Crippen LogP contribution in [0, 0.1) is 0 Å². The van der Waals surface area contributed by atoms with E-state index in [1.165, 1.54) is 71.2 Å². The van der Waals surface area contributed by atoms with Gasteiger partial charge >= 0.3 is 0 Å². The van der Waals surface area contributed by atoms with E-state index in [1.54, 1.807) is 0 Å². The van der Waals surface area contributed by atoms with Gasteiger partial charge in [0, 0.05) is 43.6 Å². The molecule has 61 heavy (non-hydrogen) atoms. The van der Waals surface area contributed by atoms with Gasteiger partial charge in [-0.1, -0.05) is 153 Å². The molecule has 12 aromatic rings. The Labute approximate surface area is 352 Å². The first-order chi connectivity index (χ1) is 30.0. The average Bonchev–Trinajstić information content (AvgIpc) is 3.91. The Morgan fingerprint density at radius 1 is 0.377 bits per heavy atom. The van der Waals surface area contributed by atoms with Gasteiger partial charge in [0.1, 0.15) is 0 Å². The fraction of sp³-hybridized carbons (Fsp3) is 0.0526. The van der Waals surface area contributed by atoms with Crippen molar-refractivity contribution in [3.05, 3.63) is 205 Å². The molecule has 0 spiro atoms. The van der Waals surface area contributed by atoms with E-state index < -0.39 is 0 Å². The summed E-state index contributed by atoms with van der Waals surface area (Å²) in [5, 5.41) is 8.25. The molecule has 286 valence electrons. The van der Waals surface area contributed by atoms with Gasteiger partial charge < -0.3 is 4.57 Å². The Hall–Kier alpha value is -7.82. The lowest BCUT2D eigenvalue weighted by molar-refractivity contribution is 0.660. The summed E-state index contributed by atoms with van der Waals surface area (Å²) in [7, 11) is 0. The number of nitrogens with zero attached hydrogens (tertiary/aromatic N) is 4. The van der Waals surface area contributed by atoms with Crippen molar-refractivity contribution in [2.75, 3.05) is 0 Å². The van der Waals surface area contributed by atoms with Crippen molar-refractivity contribution in [2.24, 2.45) is 0 Å². The molecule has 1 aliphatic rings. The number of para-hydroxylation sites is 4. The van der Waals surface area contributed by atoms with Gasteiger partial charge in [-0.15, -0.1) is 0 Å². The first kappa shape index (κ1) is 34.1. The second kappa shape index (κ2) is 12.6. The van der Waals surface area contributed by atoms with Crippen molar-refractivity contribution >= 4 is 65.3 Å². The van der Waals surface area contributed by atoms with E-state index in [1.807, 2.05) is 0 Å². The zero-order valence-electron chi connectivity index (χ0n) is 33.8. The van der Waals surface area contributed by atoms with E-state index in [-0.39, 0.29) is 5.41 Å². The van der Waals surface area contributed by atoms with Crippen molar-refractivity contribution in [3.8, 4) is 45.1 Å². The Morgan fingerprint density at radius 3 is 1.84 bits per heavy atom. The first-order valence-corrected chi connectivity index (χ1v) is 21.1. The van der Waals surface area contributed by atoms with Gasteiger partial charge in [0.25, 0.3) is 0 Å². The largest absolute Gasteiger partial charge is 0.309 e. The molecule has 0 saturated carbocycles. The third-order valence-corrected chi connectivity index (χ3v) is 13.3. The summed E-state index contributed by atoms with van der Waals surface area (Å²) in [4.78, 5) is 11.0. The molecule has 0 N–H and O–H groups in total. The summed E-state index contributed by atoms with van der Waals surface area (Å²) in [5.41, 5.74) is 16.2. The highest BCUT2D eigenvalue weighted by molar-refractivity contribution is 6.24. The zero-order chi connectivity index (χ0) is 40.4. The summed E-state index contributed by atoms with van der Waals surface area (Å²) in [6.07, 6.45) is 0. The van der Waals surface area contributed by atoms with E-state index in [0.29, 0.717) is 5.95 Å². The maximum Gasteiger partial charge on any atom is 0.235 e. The van der Waals surface area contributed by atoms with Crippen LogP contribution < -0.4 is 0 Å². The lowest BCUT2D eigenvalue weighted by Gasteiger charge is -2.22. The molecule has 4 heteroatoms. The van der Waals surface area contributed by atoms with Crippen molar-refractivity contribution in [1.29, 1.82) is 0 Å². The summed E-state index contributed by atoms with van der Waals surface area (Å²) in [6.45, 7) is 4.71. The highest BCUT2D eigenvalue weighted by Gasteiger charge is 2.35. The summed E-state index contributed by atoms with van der Waals surface area (Å²) in [6, 6.07) is 70.5. The van der Waals surface area contributed by atoms with Crippen LogP contribution in [-0.2, 0) is 5.41 Å². The lowest BCUT2D eigenvalue weighted by Crippen LogP contribution is -2.14. The molecule has 3 heterocycles. The molecule has 0 radical (unpaired) electrons. The van der Waals surface area contributed by atoms with Gasteiger partial charge in [-0.25, -0.2) is 9.97 Å². The van der Waals surface area contributed by atoms with Crippen LogP contribution in [-0.4, -0.2) is 19.1 Å². The predicted octanol–water partition coefficient (Wildman–Crippen LogP) is 14.6. The monoisotopic (exact) mass is 778 g/mol. The van der Waals surface area contributed by atoms with E-state index in [2.05, 4.69) is 217 Å². The third kappa shape index (κ3) is 4.82. The van der Waals surface area contributed by atoms with Crippen LogP contribution in [0.2, 0.25) is 0 Å². The number of fused-ring (bicyclic) bond motifs is 12. The number of rotatable bonds is 4. The van der Waals surface area contributed by atoms with Crippen LogP contribution in [0.3, 0.4) is 0 Å². The third-order valence-electron chi connectivity index (χ3n) is 13.3. The standard InChI is InChI=1S/C57H38N4/c1-57(2)47-24-12-8-19-39(47)40-30-28-35(33-48(40)57)45-34-53-54(42-21-7-6-18-38(42)45)44-23-11-15-27-51(44)61(53)56-58-49-25-13-9-22-43(49)55(59-56)36-29-31-52-46(32-36)41-20-10-14-26-50(41)60(52)37-16-4-3-5-17-37/h3-34H,1-2H3. The highest BCUT2D eigenvalue weighted by Crippen LogP contribution is 2.50. The van der Waals surface area contributed by atoms with Crippen LogP contribution in [0.1, 0.15) is 25.0 Å². The second-order valence-electron chi connectivity index (χ2n) is 17.0. The maximum absolute atomic E-state index is 5.58. The van der Waals surface area contributed by atoms with Crippen molar-refractivity contribution in [3.63, 3.8) is 0 Å². The number of benzene rings is 9. The molecule has 0 saturated heterocycles. The normalized spacial score (nSPS) is 13.2. The SMILES string of the molecule is CC1(C)c2ccccc2-c2ccc(-c3cc4c(c5ccccc35)c3ccccc3n4-c3nc(-c4ccc5c(c4)c4ccccc4n5-c4ccccc4)c4ccccc4n3)cc21. The van der Waals surface area contributed by atoms with Crippen LogP contribution in [0.5, 0.6) is 0 Å². The van der Waals surface area contributed by atoms with E-state index in [9.17, 15) is 0 Å². The van der Waals surface area contributed by atoms with Crippen molar-refractivity contribution < 1.29 is 0 Å². The molecule has 9 aromatic carbocycles. The van der Waals surface area contributed by atoms with E-state index in [4.69, 9.17) is 9.97 Å². The maximum atomic E-state index is 5.58. The van der Waals surface area contributed by atoms with Crippen LogP contribution >= 0.6 is 0 Å². The van der Waals surface area contributed by atoms with Gasteiger partial charge in [-0.2, -0.15) is 0 Å². The minimum Gasteiger partial charge on any atom is -0.309 e. The molecule has 0 amide bonds. The van der Waals surface area contributed by atoms with Crippen LogP contribution in [0.4, 0.5) is 0 Å². The summed E-state index contributed by atoms with van der Waals surface area (Å²) < 4.78 is 4.66. The summed E-state index contributed by atoms with van der Waals surface area (Å²) in [5.74, 6) is 0.651. The van der Waals surface area contributed by atoms with Gasteiger partial charge in [0.15, 0.2) is 0 Å². The van der Waals surface area contributed by atoms with Gasteiger partial charge in [0.2, 0.25) is 5.95 Å². The predicted molar refractivity (Wildman–Crippen MR) is 254 cm³/mol. The van der Waals surface area contributed by atoms with Gasteiger partial charge in [-0.3, -0.25) is 4.57 Å². The molecule has 0 unspecified atom stereocenters. The smallest absolute Gasteiger partial charge is 0.235 e. The quantitative estimate of drug-likeness (QED) is 0.178. The minimum absolute atomic E-state index is 0.106. The highest BCUT2D eigenvalue weighted by atomic mass is 15.2. The molecule has 0 bridgehead atoms. The first-order valence-electron chi connectivity index (χ1n) is 21.1. The number of hydrogen-bond acceptors (Lipinski definition) is 2. The van der Waals surface area contributed by atoms with Crippen LogP contribution in [0.25, 0.3) is 110 Å². The molecule has 0 atom stereocenters. The molecule has 3 aromatic heterocycles. The van der Waals surface area contributed by atoms with E-state index in [0.717, 1.165) is 44.4 Å². The fourth-order valence-electron chi connectivity index (χ4n) is 10.5. The lowest BCUT2D eigenvalue weighted by atomic mass is 9.81. The van der Waals surface area contributed by atoms with Crippen molar-refractivity contribution in [1.82, 2.24) is 19.1 Å². The topological polar surface area (TPSA) is 35.6 Å². The Balaban J connectivity index is 1.07. The minimum atomic E-state index is -0.106. The number of aromatic nitrogens is 4. The van der Waals surface area contributed by atoms with Gasteiger partial charge in [-0.05, 0) is 98.8 Å². The molecule has 0 aliphatic heterocycles. The Morgan fingerprint density at radius 2 is 1.00 bits per heavy atom. The summed E-state index contributed by atoms with van der Waals surface area (Å²) >= 11 is 0. The Bertz CT molecular complexity index is 3790. The fourth-order valence-corrected chi connectivity index (χ4v) is 10.5. The molecule has 0 fully saturated rings. The molecular weight excluding hydrogens is 741 g/mol. The zero-order valence-corrected chi connectivity index (χ0v) is 33.8. The molecule has 13 rings (SSSR count). The molecular formula is C57H38N4. The van der Waals surface area contributed by atoms with E-state index >= 15 is 0 Å². The second-order valence-corrected chi connectivity index (χ2v) is 17.0. The van der Waals surface area contributed by atoms with Gasteiger partial charge in [0.05, 0.1) is 33.3 Å². The molecule has 4 nitrogen and oxygen atoms in total. The Kier molecular flexibility index (Phi) is 7.04. The molecule has 1 aliphatic carbocycles. The van der Waals surface area contributed by atoms with Crippen LogP contribution in [0.15, 0.2) is 194 Å². The average molecular weight is 779 g/mol. The number of hydrogen-bond donors (Lipinski definition) is 0. The van der Waals surface area contributed by atoms with Crippen molar-refractivity contribution in [2.45, 2.75) is 19.3 Å².